The maximum atomic E-state index is 5.40. The third-order valence-electron chi connectivity index (χ3n) is 11.4. The van der Waals surface area contributed by atoms with Crippen molar-refractivity contribution in [3.63, 3.8) is 0 Å². The first kappa shape index (κ1) is 33.6. The standard InChI is InChI=1S/C56H36N2/c1-4-18-39(19-5-1)54-53(55(40-20-6-2-7-21-40)58-56(57-54)41-22-8-3-9-23-41)46-32-33-49-50(36-46)52(45-31-29-38-17-11-13-25-43(38)35-45)48-27-15-14-26-47(48)51(49)44-30-28-37-16-10-12-24-42(37)34-44/h1-36H. The molecule has 1 heterocycles. The minimum Gasteiger partial charge on any atom is -0.227 e. The maximum absolute atomic E-state index is 5.40. The minimum atomic E-state index is 0.698. The normalized spacial score (nSPS) is 11.4. The lowest BCUT2D eigenvalue weighted by Crippen LogP contribution is -2.01. The molecule has 11 aromatic rings. The largest absolute Gasteiger partial charge is 0.227 e. The van der Waals surface area contributed by atoms with Gasteiger partial charge in [-0.2, -0.15) is 0 Å². The van der Waals surface area contributed by atoms with Crippen LogP contribution in [-0.4, -0.2) is 9.97 Å². The van der Waals surface area contributed by atoms with E-state index in [2.05, 4.69) is 200 Å². The fraction of sp³-hybridized carbons (Fsp3) is 0. The average molecular weight is 737 g/mol. The van der Waals surface area contributed by atoms with E-state index in [0.29, 0.717) is 5.82 Å². The lowest BCUT2D eigenvalue weighted by atomic mass is 9.83. The van der Waals surface area contributed by atoms with Gasteiger partial charge in [-0.3, -0.25) is 0 Å². The molecule has 0 atom stereocenters. The molecule has 0 aliphatic rings. The zero-order valence-electron chi connectivity index (χ0n) is 31.7. The van der Waals surface area contributed by atoms with Gasteiger partial charge in [0, 0.05) is 22.3 Å². The van der Waals surface area contributed by atoms with Crippen molar-refractivity contribution in [2.24, 2.45) is 0 Å². The zero-order valence-corrected chi connectivity index (χ0v) is 31.7. The van der Waals surface area contributed by atoms with Gasteiger partial charge in [0.25, 0.3) is 0 Å². The van der Waals surface area contributed by atoms with Crippen molar-refractivity contribution in [3.8, 4) is 67.3 Å². The van der Waals surface area contributed by atoms with Gasteiger partial charge in [0.2, 0.25) is 0 Å². The van der Waals surface area contributed by atoms with Crippen LogP contribution in [0.5, 0.6) is 0 Å². The topological polar surface area (TPSA) is 25.8 Å². The summed E-state index contributed by atoms with van der Waals surface area (Å²) in [7, 11) is 0. The highest BCUT2D eigenvalue weighted by Gasteiger charge is 2.23. The molecule has 10 aromatic carbocycles. The molecular weight excluding hydrogens is 701 g/mol. The summed E-state index contributed by atoms with van der Waals surface area (Å²) < 4.78 is 0. The van der Waals surface area contributed by atoms with Gasteiger partial charge in [0.15, 0.2) is 5.82 Å². The van der Waals surface area contributed by atoms with E-state index in [1.54, 1.807) is 0 Å². The summed E-state index contributed by atoms with van der Waals surface area (Å²) in [6.45, 7) is 0. The highest BCUT2D eigenvalue weighted by Crippen LogP contribution is 2.47. The molecule has 2 heteroatoms. The molecule has 0 aliphatic carbocycles. The molecule has 0 radical (unpaired) electrons. The van der Waals surface area contributed by atoms with E-state index in [1.807, 2.05) is 18.2 Å². The monoisotopic (exact) mass is 736 g/mol. The molecule has 11 rings (SSSR count). The van der Waals surface area contributed by atoms with E-state index < -0.39 is 0 Å². The summed E-state index contributed by atoms with van der Waals surface area (Å²) in [6.07, 6.45) is 0. The fourth-order valence-electron chi connectivity index (χ4n) is 8.71. The number of aromatic nitrogens is 2. The Hall–Kier alpha value is -7.68. The summed E-state index contributed by atoms with van der Waals surface area (Å²) >= 11 is 0. The van der Waals surface area contributed by atoms with Crippen LogP contribution in [0.3, 0.4) is 0 Å². The fourth-order valence-corrected chi connectivity index (χ4v) is 8.71. The molecule has 0 bridgehead atoms. The second kappa shape index (κ2) is 14.1. The quantitative estimate of drug-likeness (QED) is 0.159. The van der Waals surface area contributed by atoms with Crippen LogP contribution in [0, 0.1) is 0 Å². The van der Waals surface area contributed by atoms with Crippen molar-refractivity contribution in [3.05, 3.63) is 218 Å². The molecule has 0 saturated carbocycles. The van der Waals surface area contributed by atoms with Gasteiger partial charge < -0.3 is 0 Å². The number of hydrogen-bond acceptors (Lipinski definition) is 2. The van der Waals surface area contributed by atoms with Crippen molar-refractivity contribution in [1.29, 1.82) is 0 Å². The van der Waals surface area contributed by atoms with Crippen molar-refractivity contribution < 1.29 is 0 Å². The number of rotatable bonds is 6. The predicted octanol–water partition coefficient (Wildman–Crippen LogP) is 15.1. The summed E-state index contributed by atoms with van der Waals surface area (Å²) in [5.41, 5.74) is 11.8. The van der Waals surface area contributed by atoms with E-state index in [4.69, 9.17) is 9.97 Å². The third kappa shape index (κ3) is 5.82. The van der Waals surface area contributed by atoms with Crippen LogP contribution in [0.15, 0.2) is 218 Å². The predicted molar refractivity (Wildman–Crippen MR) is 245 cm³/mol. The molecule has 0 saturated heterocycles. The lowest BCUT2D eigenvalue weighted by Gasteiger charge is -2.21. The second-order valence-electron chi connectivity index (χ2n) is 14.9. The Labute approximate surface area is 337 Å². The van der Waals surface area contributed by atoms with Crippen LogP contribution >= 0.6 is 0 Å². The molecule has 0 N–H and O–H groups in total. The SMILES string of the molecule is c1ccc(-c2nc(-c3ccccc3)c(-c3ccc4c(-c5ccc6ccccc6c5)c5ccccc5c(-c5ccc6ccccc6c5)c4c3)c(-c3ccccc3)n2)cc1. The Bertz CT molecular complexity index is 3260. The van der Waals surface area contributed by atoms with Crippen LogP contribution in [0.4, 0.5) is 0 Å². The Balaban J connectivity index is 1.27. The molecule has 0 unspecified atom stereocenters. The first-order valence-corrected chi connectivity index (χ1v) is 19.8. The molecular formula is C56H36N2. The number of hydrogen-bond donors (Lipinski definition) is 0. The van der Waals surface area contributed by atoms with Crippen molar-refractivity contribution in [1.82, 2.24) is 9.97 Å². The minimum absolute atomic E-state index is 0.698. The Morgan fingerprint density at radius 3 is 1.12 bits per heavy atom. The van der Waals surface area contributed by atoms with Gasteiger partial charge in [0.05, 0.1) is 11.4 Å². The number of nitrogens with zero attached hydrogens (tertiary/aromatic N) is 2. The average Bonchev–Trinajstić information content (AvgIpc) is 3.30. The smallest absolute Gasteiger partial charge is 0.160 e. The van der Waals surface area contributed by atoms with Gasteiger partial charge >= 0.3 is 0 Å². The number of fused-ring (bicyclic) bond motifs is 4. The third-order valence-corrected chi connectivity index (χ3v) is 11.4. The van der Waals surface area contributed by atoms with E-state index in [-0.39, 0.29) is 0 Å². The van der Waals surface area contributed by atoms with Gasteiger partial charge in [-0.05, 0) is 89.1 Å². The van der Waals surface area contributed by atoms with E-state index in [1.165, 1.54) is 65.3 Å². The highest BCUT2D eigenvalue weighted by molar-refractivity contribution is 6.23. The lowest BCUT2D eigenvalue weighted by molar-refractivity contribution is 1.18. The van der Waals surface area contributed by atoms with Gasteiger partial charge in [-0.1, -0.05) is 200 Å². The summed E-state index contributed by atoms with van der Waals surface area (Å²) in [6, 6.07) is 78.4. The van der Waals surface area contributed by atoms with Crippen molar-refractivity contribution in [2.45, 2.75) is 0 Å². The van der Waals surface area contributed by atoms with Gasteiger partial charge in [0.1, 0.15) is 0 Å². The van der Waals surface area contributed by atoms with E-state index >= 15 is 0 Å². The Morgan fingerprint density at radius 2 is 0.603 bits per heavy atom. The Morgan fingerprint density at radius 1 is 0.224 bits per heavy atom. The highest BCUT2D eigenvalue weighted by atomic mass is 14.9. The molecule has 0 aliphatic heterocycles. The van der Waals surface area contributed by atoms with Crippen molar-refractivity contribution >= 4 is 43.1 Å². The summed E-state index contributed by atoms with van der Waals surface area (Å²) in [5, 5.41) is 9.72. The van der Waals surface area contributed by atoms with Crippen LogP contribution in [0.2, 0.25) is 0 Å². The van der Waals surface area contributed by atoms with E-state index in [0.717, 1.165) is 39.2 Å². The molecule has 1 aromatic heterocycles. The second-order valence-corrected chi connectivity index (χ2v) is 14.9. The first-order chi connectivity index (χ1) is 28.8. The van der Waals surface area contributed by atoms with Gasteiger partial charge in [-0.15, -0.1) is 0 Å². The molecule has 58 heavy (non-hydrogen) atoms. The molecule has 0 fully saturated rings. The Kier molecular flexibility index (Phi) is 8.19. The van der Waals surface area contributed by atoms with Crippen LogP contribution < -0.4 is 0 Å². The number of benzene rings is 10. The van der Waals surface area contributed by atoms with Crippen LogP contribution in [-0.2, 0) is 0 Å². The molecule has 270 valence electrons. The van der Waals surface area contributed by atoms with E-state index in [9.17, 15) is 0 Å². The van der Waals surface area contributed by atoms with Gasteiger partial charge in [-0.25, -0.2) is 9.97 Å². The summed E-state index contributed by atoms with van der Waals surface area (Å²) in [4.78, 5) is 10.8. The molecule has 2 nitrogen and oxygen atoms in total. The zero-order chi connectivity index (χ0) is 38.4. The molecule has 0 amide bonds. The first-order valence-electron chi connectivity index (χ1n) is 19.8. The molecule has 0 spiro atoms. The van der Waals surface area contributed by atoms with Crippen LogP contribution in [0.25, 0.3) is 110 Å². The maximum Gasteiger partial charge on any atom is 0.160 e. The summed E-state index contributed by atoms with van der Waals surface area (Å²) in [5.74, 6) is 0.698. The van der Waals surface area contributed by atoms with Crippen LogP contribution in [0.1, 0.15) is 0 Å². The van der Waals surface area contributed by atoms with Crippen molar-refractivity contribution in [2.75, 3.05) is 0 Å².